The Morgan fingerprint density at radius 3 is 2.39 bits per heavy atom. The van der Waals surface area contributed by atoms with Crippen LogP contribution < -0.4 is 5.32 Å². The molecule has 1 amide bonds. The smallest absolute Gasteiger partial charge is 0.255 e. The van der Waals surface area contributed by atoms with Gasteiger partial charge in [0.05, 0.1) is 0 Å². The summed E-state index contributed by atoms with van der Waals surface area (Å²) in [5, 5.41) is 2.95. The van der Waals surface area contributed by atoms with Crippen molar-refractivity contribution in [1.29, 1.82) is 0 Å². The van der Waals surface area contributed by atoms with Gasteiger partial charge in [-0.05, 0) is 77.9 Å². The van der Waals surface area contributed by atoms with Crippen molar-refractivity contribution in [2.45, 2.75) is 13.8 Å². The number of hydrogen-bond donors (Lipinski definition) is 1. The lowest BCUT2D eigenvalue weighted by Crippen LogP contribution is -2.12. The number of amides is 1. The van der Waals surface area contributed by atoms with Crippen molar-refractivity contribution in [2.24, 2.45) is 0 Å². The standard InChI is InChI=1S/C15H14INO/c1-10-3-4-11(2)14(9-10)17-15(18)12-5-7-13(16)8-6-12/h3-9H,1-2H3,(H,17,18). The van der Waals surface area contributed by atoms with Crippen LogP contribution in [0.5, 0.6) is 0 Å². The molecule has 0 radical (unpaired) electrons. The van der Waals surface area contributed by atoms with Gasteiger partial charge in [0.15, 0.2) is 0 Å². The number of carbonyl (C=O) groups is 1. The average Bonchev–Trinajstić information content (AvgIpc) is 2.34. The van der Waals surface area contributed by atoms with Crippen LogP contribution in [0, 0.1) is 17.4 Å². The van der Waals surface area contributed by atoms with E-state index in [0.717, 1.165) is 20.4 Å². The first-order chi connectivity index (χ1) is 8.56. The molecule has 0 aliphatic carbocycles. The molecule has 0 heterocycles. The molecule has 3 heteroatoms. The minimum Gasteiger partial charge on any atom is -0.322 e. The van der Waals surface area contributed by atoms with Crippen LogP contribution >= 0.6 is 22.6 Å². The van der Waals surface area contributed by atoms with Gasteiger partial charge in [0.2, 0.25) is 0 Å². The summed E-state index contributed by atoms with van der Waals surface area (Å²) in [6, 6.07) is 13.6. The Morgan fingerprint density at radius 1 is 1.06 bits per heavy atom. The first-order valence-electron chi connectivity index (χ1n) is 5.70. The Balaban J connectivity index is 2.21. The molecule has 2 aromatic rings. The molecule has 0 aliphatic rings. The van der Waals surface area contributed by atoms with E-state index in [-0.39, 0.29) is 5.91 Å². The van der Waals surface area contributed by atoms with Gasteiger partial charge in [-0.15, -0.1) is 0 Å². The quantitative estimate of drug-likeness (QED) is 0.809. The molecule has 0 bridgehead atoms. The fourth-order valence-corrected chi connectivity index (χ4v) is 2.03. The highest BCUT2D eigenvalue weighted by atomic mass is 127. The summed E-state index contributed by atoms with van der Waals surface area (Å²) in [7, 11) is 0. The number of aryl methyl sites for hydroxylation is 2. The molecule has 2 nitrogen and oxygen atoms in total. The fraction of sp³-hybridized carbons (Fsp3) is 0.133. The molecule has 18 heavy (non-hydrogen) atoms. The van der Waals surface area contributed by atoms with Gasteiger partial charge in [0, 0.05) is 14.8 Å². The predicted molar refractivity (Wildman–Crippen MR) is 83.0 cm³/mol. The first kappa shape index (κ1) is 13.1. The topological polar surface area (TPSA) is 29.1 Å². The molecule has 0 spiro atoms. The van der Waals surface area contributed by atoms with Crippen molar-refractivity contribution in [1.82, 2.24) is 0 Å². The normalized spacial score (nSPS) is 10.2. The summed E-state index contributed by atoms with van der Waals surface area (Å²) in [4.78, 5) is 12.1. The van der Waals surface area contributed by atoms with E-state index in [4.69, 9.17) is 0 Å². The predicted octanol–water partition coefficient (Wildman–Crippen LogP) is 4.16. The average molecular weight is 351 g/mol. The lowest BCUT2D eigenvalue weighted by Gasteiger charge is -2.09. The van der Waals surface area contributed by atoms with Crippen molar-refractivity contribution in [2.75, 3.05) is 5.32 Å². The third-order valence-corrected chi connectivity index (χ3v) is 3.47. The van der Waals surface area contributed by atoms with E-state index in [0.29, 0.717) is 5.56 Å². The van der Waals surface area contributed by atoms with E-state index in [2.05, 4.69) is 27.9 Å². The maximum absolute atomic E-state index is 12.1. The number of carbonyl (C=O) groups excluding carboxylic acids is 1. The van der Waals surface area contributed by atoms with Gasteiger partial charge in [-0.3, -0.25) is 4.79 Å². The third kappa shape index (κ3) is 3.10. The Hall–Kier alpha value is -1.36. The highest BCUT2D eigenvalue weighted by Gasteiger charge is 2.07. The Morgan fingerprint density at radius 2 is 1.72 bits per heavy atom. The van der Waals surface area contributed by atoms with E-state index < -0.39 is 0 Å². The molecule has 0 atom stereocenters. The zero-order valence-electron chi connectivity index (χ0n) is 10.3. The second-order valence-electron chi connectivity index (χ2n) is 4.28. The molecule has 92 valence electrons. The zero-order chi connectivity index (χ0) is 13.1. The lowest BCUT2D eigenvalue weighted by molar-refractivity contribution is 0.102. The van der Waals surface area contributed by atoms with Gasteiger partial charge >= 0.3 is 0 Å². The van der Waals surface area contributed by atoms with Crippen LogP contribution in [0.4, 0.5) is 5.69 Å². The molecule has 0 saturated carbocycles. The van der Waals surface area contributed by atoms with Crippen molar-refractivity contribution in [3.63, 3.8) is 0 Å². The van der Waals surface area contributed by atoms with E-state index in [1.807, 2.05) is 56.3 Å². The van der Waals surface area contributed by atoms with Crippen LogP contribution in [0.2, 0.25) is 0 Å². The van der Waals surface area contributed by atoms with Crippen molar-refractivity contribution >= 4 is 34.2 Å². The van der Waals surface area contributed by atoms with Crippen LogP contribution in [0.25, 0.3) is 0 Å². The van der Waals surface area contributed by atoms with Crippen molar-refractivity contribution < 1.29 is 4.79 Å². The minimum atomic E-state index is -0.0694. The largest absolute Gasteiger partial charge is 0.322 e. The van der Waals surface area contributed by atoms with E-state index in [9.17, 15) is 4.79 Å². The molecule has 0 unspecified atom stereocenters. The molecule has 0 aromatic heterocycles. The Kier molecular flexibility index (Phi) is 4.01. The highest BCUT2D eigenvalue weighted by Crippen LogP contribution is 2.17. The highest BCUT2D eigenvalue weighted by molar-refractivity contribution is 14.1. The van der Waals surface area contributed by atoms with Gasteiger partial charge in [0.25, 0.3) is 5.91 Å². The first-order valence-corrected chi connectivity index (χ1v) is 6.78. The van der Waals surface area contributed by atoms with Gasteiger partial charge in [-0.2, -0.15) is 0 Å². The molecule has 0 saturated heterocycles. The van der Waals surface area contributed by atoms with Gasteiger partial charge < -0.3 is 5.32 Å². The number of hydrogen-bond acceptors (Lipinski definition) is 1. The van der Waals surface area contributed by atoms with Crippen LogP contribution in [0.1, 0.15) is 21.5 Å². The molecular formula is C15H14INO. The molecule has 2 rings (SSSR count). The van der Waals surface area contributed by atoms with Crippen molar-refractivity contribution in [3.8, 4) is 0 Å². The monoisotopic (exact) mass is 351 g/mol. The molecular weight excluding hydrogens is 337 g/mol. The molecule has 1 N–H and O–H groups in total. The second kappa shape index (κ2) is 5.52. The maximum atomic E-state index is 12.1. The molecule has 2 aromatic carbocycles. The zero-order valence-corrected chi connectivity index (χ0v) is 12.5. The van der Waals surface area contributed by atoms with Gasteiger partial charge in [0.1, 0.15) is 0 Å². The maximum Gasteiger partial charge on any atom is 0.255 e. The van der Waals surface area contributed by atoms with Gasteiger partial charge in [-0.1, -0.05) is 12.1 Å². The number of rotatable bonds is 2. The fourth-order valence-electron chi connectivity index (χ4n) is 1.67. The third-order valence-electron chi connectivity index (χ3n) is 2.75. The summed E-state index contributed by atoms with van der Waals surface area (Å²) in [5.41, 5.74) is 3.76. The molecule has 0 fully saturated rings. The summed E-state index contributed by atoms with van der Waals surface area (Å²) >= 11 is 2.22. The van der Waals surface area contributed by atoms with Crippen LogP contribution in [-0.2, 0) is 0 Å². The number of halogens is 1. The number of nitrogens with one attached hydrogen (secondary N) is 1. The summed E-state index contributed by atoms with van der Waals surface area (Å²) in [5.74, 6) is -0.0694. The second-order valence-corrected chi connectivity index (χ2v) is 5.53. The van der Waals surface area contributed by atoms with Crippen LogP contribution in [-0.4, -0.2) is 5.91 Å². The number of benzene rings is 2. The van der Waals surface area contributed by atoms with E-state index in [1.54, 1.807) is 0 Å². The Labute approximate surface area is 121 Å². The van der Waals surface area contributed by atoms with Crippen LogP contribution in [0.15, 0.2) is 42.5 Å². The van der Waals surface area contributed by atoms with Gasteiger partial charge in [-0.25, -0.2) is 0 Å². The summed E-state index contributed by atoms with van der Waals surface area (Å²) in [6.45, 7) is 4.00. The minimum absolute atomic E-state index is 0.0694. The van der Waals surface area contributed by atoms with Crippen LogP contribution in [0.3, 0.4) is 0 Å². The Bertz CT molecular complexity index is 576. The SMILES string of the molecule is Cc1ccc(C)c(NC(=O)c2ccc(I)cc2)c1. The number of anilines is 1. The summed E-state index contributed by atoms with van der Waals surface area (Å²) < 4.78 is 1.12. The lowest BCUT2D eigenvalue weighted by atomic mass is 10.1. The summed E-state index contributed by atoms with van der Waals surface area (Å²) in [6.07, 6.45) is 0. The van der Waals surface area contributed by atoms with E-state index >= 15 is 0 Å². The van der Waals surface area contributed by atoms with Crippen molar-refractivity contribution in [3.05, 3.63) is 62.7 Å². The van der Waals surface area contributed by atoms with E-state index in [1.165, 1.54) is 0 Å². The molecule has 0 aliphatic heterocycles.